The van der Waals surface area contributed by atoms with Gasteiger partial charge in [0.1, 0.15) is 0 Å². The summed E-state index contributed by atoms with van der Waals surface area (Å²) in [5.74, 6) is 0.889. The van der Waals surface area contributed by atoms with Crippen molar-refractivity contribution >= 4 is 11.8 Å². The highest BCUT2D eigenvalue weighted by Gasteiger charge is 2.11. The van der Waals surface area contributed by atoms with Crippen molar-refractivity contribution in [1.82, 2.24) is 9.97 Å². The lowest BCUT2D eigenvalue weighted by Crippen LogP contribution is -2.08. The van der Waals surface area contributed by atoms with E-state index in [4.69, 9.17) is 22.0 Å². The number of terminal acetylenes is 1. The molecular weight excluding hydrogens is 186 g/mol. The van der Waals surface area contributed by atoms with Gasteiger partial charge in [0.15, 0.2) is 18.1 Å². The number of aromatic nitrogens is 2. The van der Waals surface area contributed by atoms with Crippen molar-refractivity contribution < 1.29 is 14.6 Å². The maximum atomic E-state index is 10.5. The van der Waals surface area contributed by atoms with E-state index in [0.29, 0.717) is 0 Å². The number of rotatable bonds is 3. The van der Waals surface area contributed by atoms with E-state index in [1.54, 1.807) is 0 Å². The number of nitrogens with two attached hydrogens (primary N) is 1. The van der Waals surface area contributed by atoms with Crippen LogP contribution in [-0.4, -0.2) is 27.7 Å². The average Bonchev–Trinajstić information content (AvgIpc) is 2.14. The van der Waals surface area contributed by atoms with Gasteiger partial charge < -0.3 is 15.6 Å². The van der Waals surface area contributed by atoms with Gasteiger partial charge in [-0.05, 0) is 0 Å². The number of anilines is 1. The molecule has 0 aliphatic carbocycles. The number of carboxylic acid groups (broad SMARTS) is 1. The molecule has 0 amide bonds. The molecule has 1 aromatic rings. The molecule has 1 heterocycles. The highest BCUT2D eigenvalue weighted by atomic mass is 16.5. The smallest absolute Gasteiger partial charge is 0.358 e. The van der Waals surface area contributed by atoms with Crippen molar-refractivity contribution in [2.75, 3.05) is 12.3 Å². The molecule has 3 N–H and O–H groups in total. The summed E-state index contributed by atoms with van der Waals surface area (Å²) in [6.07, 6.45) is 6.09. The summed E-state index contributed by atoms with van der Waals surface area (Å²) >= 11 is 0. The Morgan fingerprint density at radius 2 is 2.50 bits per heavy atom. The zero-order chi connectivity index (χ0) is 10.6. The first-order chi connectivity index (χ1) is 6.65. The molecule has 0 radical (unpaired) electrons. The number of hydrogen-bond donors (Lipinski definition) is 2. The summed E-state index contributed by atoms with van der Waals surface area (Å²) in [4.78, 5) is 17.7. The SMILES string of the molecule is C#CCOc1cnc(C(=O)O)c(N)n1. The highest BCUT2D eigenvalue weighted by molar-refractivity contribution is 5.90. The fourth-order valence-corrected chi connectivity index (χ4v) is 0.736. The lowest BCUT2D eigenvalue weighted by Gasteiger charge is -2.02. The number of carboxylic acids is 1. The van der Waals surface area contributed by atoms with E-state index >= 15 is 0 Å². The molecule has 6 heteroatoms. The fourth-order valence-electron chi connectivity index (χ4n) is 0.736. The van der Waals surface area contributed by atoms with Crippen molar-refractivity contribution in [1.29, 1.82) is 0 Å². The molecule has 0 spiro atoms. The summed E-state index contributed by atoms with van der Waals surface area (Å²) in [6, 6.07) is 0. The van der Waals surface area contributed by atoms with Crippen LogP contribution in [-0.2, 0) is 0 Å². The quantitative estimate of drug-likeness (QED) is 0.643. The van der Waals surface area contributed by atoms with E-state index in [-0.39, 0.29) is 24.0 Å². The lowest BCUT2D eigenvalue weighted by atomic mass is 10.4. The zero-order valence-electron chi connectivity index (χ0n) is 7.10. The normalized spacial score (nSPS) is 9.07. The highest BCUT2D eigenvalue weighted by Crippen LogP contribution is 2.11. The van der Waals surface area contributed by atoms with Crippen LogP contribution in [0.5, 0.6) is 5.88 Å². The average molecular weight is 193 g/mol. The second kappa shape index (κ2) is 4.09. The predicted molar refractivity (Wildman–Crippen MR) is 47.7 cm³/mol. The van der Waals surface area contributed by atoms with Crippen LogP contribution < -0.4 is 10.5 Å². The Morgan fingerprint density at radius 1 is 1.79 bits per heavy atom. The van der Waals surface area contributed by atoms with Crippen LogP contribution in [0.25, 0.3) is 0 Å². The minimum atomic E-state index is -1.24. The second-order valence-electron chi connectivity index (χ2n) is 2.24. The van der Waals surface area contributed by atoms with Crippen molar-refractivity contribution in [3.05, 3.63) is 11.9 Å². The van der Waals surface area contributed by atoms with Crippen molar-refractivity contribution in [3.63, 3.8) is 0 Å². The number of ether oxygens (including phenoxy) is 1. The first-order valence-corrected chi connectivity index (χ1v) is 3.57. The van der Waals surface area contributed by atoms with Gasteiger partial charge in [0, 0.05) is 0 Å². The van der Waals surface area contributed by atoms with Gasteiger partial charge in [-0.15, -0.1) is 6.42 Å². The topological polar surface area (TPSA) is 98.3 Å². The maximum Gasteiger partial charge on any atom is 0.358 e. The Hall–Kier alpha value is -2.29. The van der Waals surface area contributed by atoms with Crippen LogP contribution in [0, 0.1) is 12.3 Å². The Balaban J connectivity index is 2.90. The Labute approximate surface area is 79.7 Å². The van der Waals surface area contributed by atoms with Crippen LogP contribution in [0.15, 0.2) is 6.20 Å². The summed E-state index contributed by atoms with van der Waals surface area (Å²) < 4.78 is 4.89. The molecule has 0 atom stereocenters. The summed E-state index contributed by atoms with van der Waals surface area (Å²) in [6.45, 7) is 0.0283. The molecule has 0 aliphatic rings. The Kier molecular flexibility index (Phi) is 2.86. The van der Waals surface area contributed by atoms with Crippen LogP contribution >= 0.6 is 0 Å². The third-order valence-electron chi connectivity index (χ3n) is 1.28. The minimum absolute atomic E-state index is 0.0283. The molecular formula is C8H7N3O3. The van der Waals surface area contributed by atoms with E-state index in [1.165, 1.54) is 0 Å². The lowest BCUT2D eigenvalue weighted by molar-refractivity contribution is 0.0691. The van der Waals surface area contributed by atoms with E-state index in [9.17, 15) is 4.79 Å². The number of aromatic carboxylic acids is 1. The minimum Gasteiger partial charge on any atom is -0.476 e. The van der Waals surface area contributed by atoms with Gasteiger partial charge in [0.2, 0.25) is 5.88 Å². The third kappa shape index (κ3) is 2.10. The first-order valence-electron chi connectivity index (χ1n) is 3.57. The zero-order valence-corrected chi connectivity index (χ0v) is 7.10. The van der Waals surface area contributed by atoms with E-state index in [0.717, 1.165) is 6.20 Å². The first kappa shape index (κ1) is 9.80. The van der Waals surface area contributed by atoms with Crippen LogP contribution in [0.1, 0.15) is 10.5 Å². The van der Waals surface area contributed by atoms with Gasteiger partial charge in [-0.25, -0.2) is 9.78 Å². The van der Waals surface area contributed by atoms with Gasteiger partial charge in [-0.2, -0.15) is 4.98 Å². The maximum absolute atomic E-state index is 10.5. The van der Waals surface area contributed by atoms with Gasteiger partial charge in [0.05, 0.1) is 6.20 Å². The molecule has 0 unspecified atom stereocenters. The number of nitrogens with zero attached hydrogens (tertiary/aromatic N) is 2. The summed E-state index contributed by atoms with van der Waals surface area (Å²) in [7, 11) is 0. The van der Waals surface area contributed by atoms with Gasteiger partial charge >= 0.3 is 5.97 Å². The number of nitrogen functional groups attached to an aromatic ring is 1. The van der Waals surface area contributed by atoms with E-state index in [2.05, 4.69) is 15.9 Å². The Morgan fingerprint density at radius 3 is 3.00 bits per heavy atom. The number of hydrogen-bond acceptors (Lipinski definition) is 5. The van der Waals surface area contributed by atoms with E-state index < -0.39 is 5.97 Å². The molecule has 6 nitrogen and oxygen atoms in total. The molecule has 0 aromatic carbocycles. The molecule has 0 saturated heterocycles. The molecule has 0 fully saturated rings. The molecule has 72 valence electrons. The largest absolute Gasteiger partial charge is 0.476 e. The summed E-state index contributed by atoms with van der Waals surface area (Å²) in [5.41, 5.74) is 5.00. The van der Waals surface area contributed by atoms with Gasteiger partial charge in [-0.3, -0.25) is 0 Å². The fraction of sp³-hybridized carbons (Fsp3) is 0.125. The van der Waals surface area contributed by atoms with E-state index in [1.807, 2.05) is 0 Å². The molecule has 14 heavy (non-hydrogen) atoms. The molecule has 0 saturated carbocycles. The van der Waals surface area contributed by atoms with Crippen LogP contribution in [0.3, 0.4) is 0 Å². The third-order valence-corrected chi connectivity index (χ3v) is 1.28. The van der Waals surface area contributed by atoms with Crippen molar-refractivity contribution in [2.24, 2.45) is 0 Å². The number of carbonyl (C=O) groups is 1. The van der Waals surface area contributed by atoms with Crippen LogP contribution in [0.2, 0.25) is 0 Å². The van der Waals surface area contributed by atoms with Crippen LogP contribution in [0.4, 0.5) is 5.82 Å². The standard InChI is InChI=1S/C8H7N3O3/c1-2-3-14-5-4-10-6(8(12)13)7(9)11-5/h1,4H,3H2,(H2,9,11)(H,12,13). The second-order valence-corrected chi connectivity index (χ2v) is 2.24. The van der Waals surface area contributed by atoms with Crippen molar-refractivity contribution in [2.45, 2.75) is 0 Å². The van der Waals surface area contributed by atoms with Gasteiger partial charge in [0.25, 0.3) is 0 Å². The molecule has 1 rings (SSSR count). The molecule has 0 aliphatic heterocycles. The summed E-state index contributed by atoms with van der Waals surface area (Å²) in [5, 5.41) is 8.58. The molecule has 0 bridgehead atoms. The van der Waals surface area contributed by atoms with Gasteiger partial charge in [-0.1, -0.05) is 5.92 Å². The monoisotopic (exact) mass is 193 g/mol. The predicted octanol–water partition coefficient (Wildman–Crippen LogP) is -0.231. The molecule has 1 aromatic heterocycles. The van der Waals surface area contributed by atoms with Crippen molar-refractivity contribution in [3.8, 4) is 18.2 Å². The Bertz CT molecular complexity index is 397.